The van der Waals surface area contributed by atoms with Crippen LogP contribution in [0, 0.1) is 5.92 Å². The molecule has 0 aromatic heterocycles. The zero-order chi connectivity index (χ0) is 10.8. The molecule has 1 aromatic rings. The van der Waals surface area contributed by atoms with Crippen LogP contribution in [-0.2, 0) is 6.42 Å². The average molecular weight is 203 g/mol. The third-order valence-electron chi connectivity index (χ3n) is 3.00. The Hall–Kier alpha value is -1.15. The van der Waals surface area contributed by atoms with Crippen molar-refractivity contribution < 1.29 is 4.79 Å². The number of benzene rings is 1. The number of hydrogen-bond donors (Lipinski definition) is 0. The highest BCUT2D eigenvalue weighted by atomic mass is 16.1. The van der Waals surface area contributed by atoms with Gasteiger partial charge in [0.1, 0.15) is 0 Å². The van der Waals surface area contributed by atoms with Gasteiger partial charge in [-0.15, -0.1) is 0 Å². The standard InChI is InChI=1S/C13H17NO/c1-14(2)9-11-8-7-10-5-3-4-6-12(10)13(11)15/h3-6,11H,7-9H2,1-2H3/t11-/m1/s1. The van der Waals surface area contributed by atoms with Gasteiger partial charge in [-0.05, 0) is 32.5 Å². The van der Waals surface area contributed by atoms with Crippen molar-refractivity contribution in [3.63, 3.8) is 0 Å². The van der Waals surface area contributed by atoms with Crippen molar-refractivity contribution in [3.05, 3.63) is 35.4 Å². The summed E-state index contributed by atoms with van der Waals surface area (Å²) in [4.78, 5) is 14.2. The van der Waals surface area contributed by atoms with Gasteiger partial charge in [0.2, 0.25) is 0 Å². The average Bonchev–Trinajstić information content (AvgIpc) is 2.22. The summed E-state index contributed by atoms with van der Waals surface area (Å²) in [5.74, 6) is 0.514. The summed E-state index contributed by atoms with van der Waals surface area (Å²) in [5, 5.41) is 0. The van der Waals surface area contributed by atoms with Crippen molar-refractivity contribution in [2.45, 2.75) is 12.8 Å². The summed E-state index contributed by atoms with van der Waals surface area (Å²) in [7, 11) is 4.04. The molecule has 0 saturated carbocycles. The molecule has 1 aliphatic rings. The number of hydrogen-bond acceptors (Lipinski definition) is 2. The van der Waals surface area contributed by atoms with Gasteiger partial charge in [-0.3, -0.25) is 4.79 Å². The lowest BCUT2D eigenvalue weighted by atomic mass is 9.82. The monoisotopic (exact) mass is 203 g/mol. The molecule has 0 radical (unpaired) electrons. The number of rotatable bonds is 2. The molecular weight excluding hydrogens is 186 g/mol. The first-order chi connectivity index (χ1) is 7.18. The molecule has 2 nitrogen and oxygen atoms in total. The van der Waals surface area contributed by atoms with Gasteiger partial charge in [-0.2, -0.15) is 0 Å². The number of ketones is 1. The van der Waals surface area contributed by atoms with Gasteiger partial charge in [0.25, 0.3) is 0 Å². The predicted molar refractivity (Wildman–Crippen MR) is 61.1 cm³/mol. The predicted octanol–water partition coefficient (Wildman–Crippen LogP) is 1.99. The second kappa shape index (κ2) is 4.15. The molecule has 0 saturated heterocycles. The van der Waals surface area contributed by atoms with Crippen LogP contribution in [0.15, 0.2) is 24.3 Å². The topological polar surface area (TPSA) is 20.3 Å². The van der Waals surface area contributed by atoms with Crippen LogP contribution in [0.1, 0.15) is 22.3 Å². The number of carbonyl (C=O) groups is 1. The van der Waals surface area contributed by atoms with Crippen molar-refractivity contribution in [1.82, 2.24) is 4.90 Å². The number of Topliss-reactive ketones (excluding diaryl/α,β-unsaturated/α-hetero) is 1. The SMILES string of the molecule is CN(C)C[C@H]1CCc2ccccc2C1=O. The maximum absolute atomic E-state index is 12.1. The maximum Gasteiger partial charge on any atom is 0.167 e. The molecule has 0 bridgehead atoms. The lowest BCUT2D eigenvalue weighted by Gasteiger charge is -2.25. The molecule has 2 rings (SSSR count). The van der Waals surface area contributed by atoms with E-state index in [-0.39, 0.29) is 5.92 Å². The second-order valence-corrected chi connectivity index (χ2v) is 4.52. The number of fused-ring (bicyclic) bond motifs is 1. The van der Waals surface area contributed by atoms with E-state index in [1.54, 1.807) is 0 Å². The fourth-order valence-corrected chi connectivity index (χ4v) is 2.27. The number of nitrogens with zero attached hydrogens (tertiary/aromatic N) is 1. The first-order valence-electron chi connectivity index (χ1n) is 5.45. The Balaban J connectivity index is 2.22. The van der Waals surface area contributed by atoms with E-state index < -0.39 is 0 Å². The van der Waals surface area contributed by atoms with Crippen LogP contribution in [0.2, 0.25) is 0 Å². The molecule has 1 aliphatic carbocycles. The largest absolute Gasteiger partial charge is 0.309 e. The fourth-order valence-electron chi connectivity index (χ4n) is 2.27. The minimum Gasteiger partial charge on any atom is -0.309 e. The summed E-state index contributed by atoms with van der Waals surface area (Å²) in [5.41, 5.74) is 2.16. The smallest absolute Gasteiger partial charge is 0.167 e. The Kier molecular flexibility index (Phi) is 2.87. The van der Waals surface area contributed by atoms with Gasteiger partial charge in [-0.1, -0.05) is 24.3 Å². The van der Waals surface area contributed by atoms with Gasteiger partial charge in [0.15, 0.2) is 5.78 Å². The van der Waals surface area contributed by atoms with Gasteiger partial charge >= 0.3 is 0 Å². The van der Waals surface area contributed by atoms with E-state index in [2.05, 4.69) is 11.0 Å². The van der Waals surface area contributed by atoms with Crippen LogP contribution >= 0.6 is 0 Å². The van der Waals surface area contributed by atoms with Crippen molar-refractivity contribution in [1.29, 1.82) is 0 Å². The number of aryl methyl sites for hydroxylation is 1. The Morgan fingerprint density at radius 2 is 2.07 bits per heavy atom. The highest BCUT2D eigenvalue weighted by Gasteiger charge is 2.26. The highest BCUT2D eigenvalue weighted by molar-refractivity contribution is 6.00. The van der Waals surface area contributed by atoms with Crippen LogP contribution in [-0.4, -0.2) is 31.3 Å². The third kappa shape index (κ3) is 2.10. The molecule has 0 spiro atoms. The summed E-state index contributed by atoms with van der Waals surface area (Å²) >= 11 is 0. The van der Waals surface area contributed by atoms with Crippen LogP contribution in [0.25, 0.3) is 0 Å². The van der Waals surface area contributed by atoms with Gasteiger partial charge in [-0.25, -0.2) is 0 Å². The molecular formula is C13H17NO. The van der Waals surface area contributed by atoms with Crippen LogP contribution in [0.5, 0.6) is 0 Å². The van der Waals surface area contributed by atoms with E-state index in [9.17, 15) is 4.79 Å². The zero-order valence-electron chi connectivity index (χ0n) is 9.36. The first-order valence-corrected chi connectivity index (χ1v) is 5.45. The Morgan fingerprint density at radius 3 is 2.80 bits per heavy atom. The molecule has 1 atom stereocenters. The lowest BCUT2D eigenvalue weighted by Crippen LogP contribution is -2.31. The first kappa shape index (κ1) is 10.4. The lowest BCUT2D eigenvalue weighted by molar-refractivity contribution is 0.0877. The van der Waals surface area contributed by atoms with E-state index in [0.717, 1.165) is 24.9 Å². The molecule has 0 amide bonds. The molecule has 0 heterocycles. The number of carbonyl (C=O) groups excluding carboxylic acids is 1. The minimum absolute atomic E-state index is 0.190. The molecule has 80 valence electrons. The van der Waals surface area contributed by atoms with Crippen LogP contribution in [0.4, 0.5) is 0 Å². The van der Waals surface area contributed by atoms with E-state index in [1.807, 2.05) is 32.3 Å². The molecule has 2 heteroatoms. The normalized spacial score (nSPS) is 20.5. The van der Waals surface area contributed by atoms with Crippen LogP contribution < -0.4 is 0 Å². The third-order valence-corrected chi connectivity index (χ3v) is 3.00. The van der Waals surface area contributed by atoms with Crippen molar-refractivity contribution >= 4 is 5.78 Å². The molecule has 15 heavy (non-hydrogen) atoms. The maximum atomic E-state index is 12.1. The summed E-state index contributed by atoms with van der Waals surface area (Å²) in [6.07, 6.45) is 2.04. The van der Waals surface area contributed by atoms with Crippen LogP contribution in [0.3, 0.4) is 0 Å². The summed E-state index contributed by atoms with van der Waals surface area (Å²) < 4.78 is 0. The fraction of sp³-hybridized carbons (Fsp3) is 0.462. The van der Waals surface area contributed by atoms with E-state index in [1.165, 1.54) is 5.56 Å². The van der Waals surface area contributed by atoms with E-state index >= 15 is 0 Å². The van der Waals surface area contributed by atoms with Gasteiger partial charge < -0.3 is 4.90 Å². The summed E-state index contributed by atoms with van der Waals surface area (Å²) in [6.45, 7) is 0.868. The van der Waals surface area contributed by atoms with E-state index in [0.29, 0.717) is 5.78 Å². The Labute approximate surface area is 90.9 Å². The summed E-state index contributed by atoms with van der Waals surface area (Å²) in [6, 6.07) is 7.99. The van der Waals surface area contributed by atoms with Gasteiger partial charge in [0.05, 0.1) is 0 Å². The Bertz CT molecular complexity index is 371. The van der Waals surface area contributed by atoms with E-state index in [4.69, 9.17) is 0 Å². The van der Waals surface area contributed by atoms with Crippen molar-refractivity contribution in [3.8, 4) is 0 Å². The van der Waals surface area contributed by atoms with Crippen molar-refractivity contribution in [2.24, 2.45) is 5.92 Å². The molecule has 0 fully saturated rings. The molecule has 0 N–H and O–H groups in total. The Morgan fingerprint density at radius 1 is 1.33 bits per heavy atom. The van der Waals surface area contributed by atoms with Gasteiger partial charge in [0, 0.05) is 18.0 Å². The molecule has 1 aromatic carbocycles. The highest BCUT2D eigenvalue weighted by Crippen LogP contribution is 2.25. The zero-order valence-corrected chi connectivity index (χ0v) is 9.36. The second-order valence-electron chi connectivity index (χ2n) is 4.52. The molecule has 0 unspecified atom stereocenters. The van der Waals surface area contributed by atoms with Crippen molar-refractivity contribution in [2.75, 3.05) is 20.6 Å². The molecule has 0 aliphatic heterocycles. The quantitative estimate of drug-likeness (QED) is 0.732. The minimum atomic E-state index is 0.190.